The lowest BCUT2D eigenvalue weighted by Gasteiger charge is -2.31. The number of carboxylic acids is 1. The molecule has 2 aliphatic heterocycles. The van der Waals surface area contributed by atoms with Crippen LogP contribution in [0.1, 0.15) is 26.7 Å². The second-order valence-electron chi connectivity index (χ2n) is 5.93. The molecule has 0 bridgehead atoms. The lowest BCUT2D eigenvalue weighted by molar-refractivity contribution is -0.147. The Labute approximate surface area is 113 Å². The molecule has 6 heteroatoms. The Morgan fingerprint density at radius 3 is 2.79 bits per heavy atom. The molecule has 2 N–H and O–H groups in total. The molecule has 2 heterocycles. The summed E-state index contributed by atoms with van der Waals surface area (Å²) in [6.45, 7) is 5.87. The number of rotatable bonds is 2. The Kier molecular flexibility index (Phi) is 3.99. The minimum absolute atomic E-state index is 0.123. The Bertz CT molecular complexity index is 374. The first kappa shape index (κ1) is 14.1. The third kappa shape index (κ3) is 3.00. The Morgan fingerprint density at radius 1 is 1.47 bits per heavy atom. The van der Waals surface area contributed by atoms with E-state index in [4.69, 9.17) is 9.84 Å². The molecular weight excluding hydrogens is 248 g/mol. The number of hydrogen-bond acceptors (Lipinski definition) is 3. The van der Waals surface area contributed by atoms with Crippen LogP contribution in [0, 0.1) is 11.3 Å². The fraction of sp³-hybridized carbons (Fsp3) is 0.846. The van der Waals surface area contributed by atoms with E-state index in [2.05, 4.69) is 12.2 Å². The summed E-state index contributed by atoms with van der Waals surface area (Å²) in [7, 11) is 0. The minimum atomic E-state index is -0.831. The van der Waals surface area contributed by atoms with Crippen LogP contribution in [-0.2, 0) is 9.53 Å². The Balaban J connectivity index is 1.89. The molecule has 0 radical (unpaired) electrons. The van der Waals surface area contributed by atoms with Crippen LogP contribution in [-0.4, -0.2) is 54.4 Å². The predicted octanol–water partition coefficient (Wildman–Crippen LogP) is 0.918. The van der Waals surface area contributed by atoms with Crippen LogP contribution in [0.2, 0.25) is 0 Å². The van der Waals surface area contributed by atoms with Crippen molar-refractivity contribution in [2.45, 2.75) is 32.7 Å². The van der Waals surface area contributed by atoms with E-state index >= 15 is 0 Å². The van der Waals surface area contributed by atoms with Gasteiger partial charge in [-0.2, -0.15) is 0 Å². The molecule has 2 fully saturated rings. The number of ether oxygens (including phenoxy) is 1. The maximum atomic E-state index is 12.2. The number of carbonyl (C=O) groups is 2. The highest BCUT2D eigenvalue weighted by molar-refractivity contribution is 5.79. The zero-order valence-electron chi connectivity index (χ0n) is 11.5. The molecule has 0 aromatic heterocycles. The molecule has 0 saturated carbocycles. The van der Waals surface area contributed by atoms with Crippen LogP contribution in [0.25, 0.3) is 0 Å². The molecule has 19 heavy (non-hydrogen) atoms. The van der Waals surface area contributed by atoms with Crippen molar-refractivity contribution in [3.8, 4) is 0 Å². The number of hydrogen-bond donors (Lipinski definition) is 2. The first-order valence-corrected chi connectivity index (χ1v) is 6.79. The van der Waals surface area contributed by atoms with Crippen LogP contribution < -0.4 is 5.32 Å². The zero-order chi connectivity index (χ0) is 14.0. The van der Waals surface area contributed by atoms with Gasteiger partial charge in [-0.3, -0.25) is 4.79 Å². The van der Waals surface area contributed by atoms with E-state index in [0.29, 0.717) is 32.1 Å². The van der Waals surface area contributed by atoms with Crippen molar-refractivity contribution in [2.24, 2.45) is 11.3 Å². The van der Waals surface area contributed by atoms with Crippen LogP contribution in [0.3, 0.4) is 0 Å². The molecule has 0 aliphatic carbocycles. The van der Waals surface area contributed by atoms with Crippen LogP contribution in [0.5, 0.6) is 0 Å². The highest BCUT2D eigenvalue weighted by Crippen LogP contribution is 2.30. The lowest BCUT2D eigenvalue weighted by atomic mass is 9.90. The Morgan fingerprint density at radius 2 is 2.21 bits per heavy atom. The average molecular weight is 270 g/mol. The largest absolute Gasteiger partial charge is 0.481 e. The predicted molar refractivity (Wildman–Crippen MR) is 68.9 cm³/mol. The SMILES string of the molecule is CC1COCCC1NC(=O)N1CCC(C)(C(=O)O)C1. The first-order valence-electron chi connectivity index (χ1n) is 6.79. The van der Waals surface area contributed by atoms with Gasteiger partial charge in [-0.25, -0.2) is 4.79 Å². The minimum Gasteiger partial charge on any atom is -0.481 e. The number of nitrogens with one attached hydrogen (secondary N) is 1. The number of carboxylic acid groups (broad SMARTS) is 1. The van der Waals surface area contributed by atoms with E-state index in [1.807, 2.05) is 0 Å². The quantitative estimate of drug-likeness (QED) is 0.782. The number of aliphatic carboxylic acids is 1. The number of likely N-dealkylation sites (tertiary alicyclic amines) is 1. The molecule has 2 rings (SSSR count). The van der Waals surface area contributed by atoms with Crippen molar-refractivity contribution < 1.29 is 19.4 Å². The second-order valence-corrected chi connectivity index (χ2v) is 5.93. The lowest BCUT2D eigenvalue weighted by Crippen LogP contribution is -2.49. The molecule has 108 valence electrons. The number of nitrogens with zero attached hydrogens (tertiary/aromatic N) is 1. The van der Waals surface area contributed by atoms with Crippen molar-refractivity contribution in [1.29, 1.82) is 0 Å². The van der Waals surface area contributed by atoms with E-state index < -0.39 is 11.4 Å². The summed E-state index contributed by atoms with van der Waals surface area (Å²) in [5.74, 6) is -0.534. The molecule has 0 aromatic carbocycles. The highest BCUT2D eigenvalue weighted by Gasteiger charge is 2.42. The maximum absolute atomic E-state index is 12.2. The fourth-order valence-corrected chi connectivity index (χ4v) is 2.65. The molecule has 2 aliphatic rings. The summed E-state index contributed by atoms with van der Waals surface area (Å²) in [6, 6.07) is -0.0262. The molecule has 0 spiro atoms. The molecule has 2 amide bonds. The van der Waals surface area contributed by atoms with Gasteiger partial charge in [-0.15, -0.1) is 0 Å². The van der Waals surface area contributed by atoms with Gasteiger partial charge < -0.3 is 20.1 Å². The molecule has 3 atom stereocenters. The van der Waals surface area contributed by atoms with Crippen LogP contribution in [0.15, 0.2) is 0 Å². The van der Waals surface area contributed by atoms with Gasteiger partial charge in [0.1, 0.15) is 0 Å². The number of carbonyl (C=O) groups excluding carboxylic acids is 1. The van der Waals surface area contributed by atoms with E-state index in [1.165, 1.54) is 0 Å². The van der Waals surface area contributed by atoms with Gasteiger partial charge in [0.2, 0.25) is 0 Å². The van der Waals surface area contributed by atoms with E-state index in [0.717, 1.165) is 6.42 Å². The normalized spacial score (nSPS) is 35.2. The maximum Gasteiger partial charge on any atom is 0.317 e. The van der Waals surface area contributed by atoms with Gasteiger partial charge in [-0.05, 0) is 25.7 Å². The van der Waals surface area contributed by atoms with E-state index in [-0.39, 0.29) is 18.6 Å². The smallest absolute Gasteiger partial charge is 0.317 e. The van der Waals surface area contributed by atoms with Gasteiger partial charge in [0.25, 0.3) is 0 Å². The molecule has 3 unspecified atom stereocenters. The van der Waals surface area contributed by atoms with Crippen LogP contribution in [0.4, 0.5) is 4.79 Å². The van der Waals surface area contributed by atoms with Gasteiger partial charge in [0, 0.05) is 25.7 Å². The van der Waals surface area contributed by atoms with E-state index in [9.17, 15) is 9.59 Å². The summed E-state index contributed by atoms with van der Waals surface area (Å²) in [5.41, 5.74) is -0.807. The van der Waals surface area contributed by atoms with Gasteiger partial charge in [-0.1, -0.05) is 6.92 Å². The molecule has 6 nitrogen and oxygen atoms in total. The summed E-state index contributed by atoms with van der Waals surface area (Å²) >= 11 is 0. The van der Waals surface area contributed by atoms with Crippen molar-refractivity contribution in [1.82, 2.24) is 10.2 Å². The van der Waals surface area contributed by atoms with Gasteiger partial charge in [0.05, 0.1) is 12.0 Å². The van der Waals surface area contributed by atoms with Gasteiger partial charge >= 0.3 is 12.0 Å². The second kappa shape index (κ2) is 5.36. The van der Waals surface area contributed by atoms with Crippen molar-refractivity contribution in [3.63, 3.8) is 0 Å². The topological polar surface area (TPSA) is 78.9 Å². The zero-order valence-corrected chi connectivity index (χ0v) is 11.5. The third-order valence-corrected chi connectivity index (χ3v) is 4.23. The summed E-state index contributed by atoms with van der Waals surface area (Å²) in [4.78, 5) is 24.9. The number of amides is 2. The molecular formula is C13H22N2O4. The van der Waals surface area contributed by atoms with Gasteiger partial charge in [0.15, 0.2) is 0 Å². The molecule has 0 aromatic rings. The van der Waals surface area contributed by atoms with E-state index in [1.54, 1.807) is 11.8 Å². The Hall–Kier alpha value is -1.30. The molecule has 2 saturated heterocycles. The summed E-state index contributed by atoms with van der Waals surface area (Å²) < 4.78 is 5.34. The van der Waals surface area contributed by atoms with Crippen LogP contribution >= 0.6 is 0 Å². The number of urea groups is 1. The third-order valence-electron chi connectivity index (χ3n) is 4.23. The van der Waals surface area contributed by atoms with Crippen molar-refractivity contribution >= 4 is 12.0 Å². The summed E-state index contributed by atoms with van der Waals surface area (Å²) in [6.07, 6.45) is 1.33. The highest BCUT2D eigenvalue weighted by atomic mass is 16.5. The average Bonchev–Trinajstić information content (AvgIpc) is 2.76. The van der Waals surface area contributed by atoms with Crippen molar-refractivity contribution in [3.05, 3.63) is 0 Å². The monoisotopic (exact) mass is 270 g/mol. The summed E-state index contributed by atoms with van der Waals surface area (Å²) in [5, 5.41) is 12.2. The van der Waals surface area contributed by atoms with Crippen molar-refractivity contribution in [2.75, 3.05) is 26.3 Å². The first-order chi connectivity index (χ1) is 8.92. The fourth-order valence-electron chi connectivity index (χ4n) is 2.65. The standard InChI is InChI=1S/C13H22N2O4/c1-9-7-19-6-3-10(9)14-12(18)15-5-4-13(2,8-15)11(16)17/h9-10H,3-8H2,1-2H3,(H,14,18)(H,16,17).